The topological polar surface area (TPSA) is 46.3 Å². The highest BCUT2D eigenvalue weighted by molar-refractivity contribution is 5.85. The maximum atomic E-state index is 12.7. The van der Waals surface area contributed by atoms with E-state index >= 15 is 0 Å². The molecule has 1 heterocycles. The minimum atomic E-state index is -0.126. The van der Waals surface area contributed by atoms with Gasteiger partial charge in [-0.25, -0.2) is 0 Å². The number of likely N-dealkylation sites (tertiary alicyclic amines) is 1. The zero-order valence-electron chi connectivity index (χ0n) is 12.3. The Morgan fingerprint density at radius 2 is 2.15 bits per heavy atom. The average Bonchev–Trinajstić information content (AvgIpc) is 2.43. The van der Waals surface area contributed by atoms with Crippen molar-refractivity contribution in [1.29, 1.82) is 0 Å². The molecular formula is C17H24N2O. The van der Waals surface area contributed by atoms with E-state index in [9.17, 15) is 4.79 Å². The molecule has 0 radical (unpaired) electrons. The highest BCUT2D eigenvalue weighted by Gasteiger charge is 2.43. The Kier molecular flexibility index (Phi) is 3.55. The third-order valence-corrected chi connectivity index (χ3v) is 4.74. The van der Waals surface area contributed by atoms with Crippen molar-refractivity contribution in [3.05, 3.63) is 35.4 Å². The Morgan fingerprint density at radius 3 is 2.90 bits per heavy atom. The fraction of sp³-hybridized carbons (Fsp3) is 0.588. The normalized spacial score (nSPS) is 23.9. The van der Waals surface area contributed by atoms with Gasteiger partial charge in [-0.3, -0.25) is 4.79 Å². The molecule has 1 amide bonds. The van der Waals surface area contributed by atoms with E-state index in [1.54, 1.807) is 0 Å². The van der Waals surface area contributed by atoms with Crippen molar-refractivity contribution in [2.75, 3.05) is 13.1 Å². The molecule has 3 heteroatoms. The lowest BCUT2D eigenvalue weighted by Crippen LogP contribution is -2.69. The molecule has 3 rings (SSSR count). The van der Waals surface area contributed by atoms with Gasteiger partial charge in [0.2, 0.25) is 5.91 Å². The average molecular weight is 272 g/mol. The molecule has 1 aliphatic heterocycles. The van der Waals surface area contributed by atoms with Crippen molar-refractivity contribution in [2.24, 2.45) is 5.73 Å². The number of nitrogens with zero attached hydrogens (tertiary/aromatic N) is 1. The molecule has 0 saturated carbocycles. The van der Waals surface area contributed by atoms with Crippen LogP contribution in [0.3, 0.4) is 0 Å². The van der Waals surface area contributed by atoms with Crippen LogP contribution in [0.25, 0.3) is 0 Å². The molecule has 2 aliphatic rings. The summed E-state index contributed by atoms with van der Waals surface area (Å²) in [5.41, 5.74) is 8.74. The van der Waals surface area contributed by atoms with E-state index in [1.807, 2.05) is 11.0 Å². The van der Waals surface area contributed by atoms with E-state index in [4.69, 9.17) is 5.73 Å². The van der Waals surface area contributed by atoms with Crippen LogP contribution in [0.5, 0.6) is 0 Å². The summed E-state index contributed by atoms with van der Waals surface area (Å²) in [6, 6.07) is 8.40. The van der Waals surface area contributed by atoms with Crippen LogP contribution in [0.15, 0.2) is 24.3 Å². The Balaban J connectivity index is 1.71. The van der Waals surface area contributed by atoms with Crippen LogP contribution in [0.4, 0.5) is 0 Å². The molecule has 0 bridgehead atoms. The number of fused-ring (bicyclic) bond motifs is 1. The largest absolute Gasteiger partial charge is 0.338 e. The molecule has 1 atom stereocenters. The summed E-state index contributed by atoms with van der Waals surface area (Å²) in [6.45, 7) is 3.62. The first-order chi connectivity index (χ1) is 9.63. The zero-order chi connectivity index (χ0) is 14.2. The van der Waals surface area contributed by atoms with Crippen molar-refractivity contribution in [3.8, 4) is 0 Å². The summed E-state index contributed by atoms with van der Waals surface area (Å²) in [5, 5.41) is 0. The first-order valence-corrected chi connectivity index (χ1v) is 7.78. The molecule has 2 N–H and O–H groups in total. The number of rotatable bonds is 3. The summed E-state index contributed by atoms with van der Waals surface area (Å²) < 4.78 is 0. The second-order valence-electron chi connectivity index (χ2n) is 6.45. The third kappa shape index (κ3) is 2.35. The van der Waals surface area contributed by atoms with E-state index in [1.165, 1.54) is 11.1 Å². The van der Waals surface area contributed by atoms with Crippen LogP contribution in [0.1, 0.15) is 49.7 Å². The van der Waals surface area contributed by atoms with E-state index in [0.717, 1.165) is 45.2 Å². The van der Waals surface area contributed by atoms with Gasteiger partial charge in [-0.2, -0.15) is 0 Å². The molecule has 1 saturated heterocycles. The Labute approximate surface area is 121 Å². The van der Waals surface area contributed by atoms with Crippen LogP contribution in [0, 0.1) is 0 Å². The lowest BCUT2D eigenvalue weighted by Gasteiger charge is -2.49. The van der Waals surface area contributed by atoms with E-state index in [-0.39, 0.29) is 17.4 Å². The van der Waals surface area contributed by atoms with Crippen LogP contribution in [-0.2, 0) is 11.2 Å². The number of carbonyl (C=O) groups excluding carboxylic acids is 1. The number of nitrogens with two attached hydrogens (primary N) is 1. The number of aryl methyl sites for hydroxylation is 1. The number of hydrogen-bond donors (Lipinski definition) is 1. The molecule has 20 heavy (non-hydrogen) atoms. The van der Waals surface area contributed by atoms with Gasteiger partial charge in [0.1, 0.15) is 0 Å². The van der Waals surface area contributed by atoms with Crippen LogP contribution < -0.4 is 5.73 Å². The second kappa shape index (κ2) is 5.21. The summed E-state index contributed by atoms with van der Waals surface area (Å²) in [7, 11) is 0. The predicted molar refractivity (Wildman–Crippen MR) is 80.5 cm³/mol. The maximum Gasteiger partial charge on any atom is 0.230 e. The third-order valence-electron chi connectivity index (χ3n) is 4.74. The zero-order valence-corrected chi connectivity index (χ0v) is 12.3. The molecule has 108 valence electrons. The number of benzene rings is 1. The van der Waals surface area contributed by atoms with Crippen LogP contribution in [-0.4, -0.2) is 29.4 Å². The lowest BCUT2D eigenvalue weighted by molar-refractivity contribution is -0.141. The monoisotopic (exact) mass is 272 g/mol. The predicted octanol–water partition coefficient (Wildman–Crippen LogP) is 2.45. The smallest absolute Gasteiger partial charge is 0.230 e. The van der Waals surface area contributed by atoms with E-state index in [0.29, 0.717) is 0 Å². The van der Waals surface area contributed by atoms with Gasteiger partial charge in [0, 0.05) is 13.1 Å². The van der Waals surface area contributed by atoms with Gasteiger partial charge in [-0.05, 0) is 36.8 Å². The van der Waals surface area contributed by atoms with E-state index in [2.05, 4.69) is 25.1 Å². The van der Waals surface area contributed by atoms with Gasteiger partial charge in [-0.15, -0.1) is 0 Å². The van der Waals surface area contributed by atoms with Gasteiger partial charge in [0.05, 0.1) is 11.5 Å². The Morgan fingerprint density at radius 1 is 1.40 bits per heavy atom. The van der Waals surface area contributed by atoms with Crippen molar-refractivity contribution in [2.45, 2.75) is 50.5 Å². The number of hydrogen-bond acceptors (Lipinski definition) is 2. The van der Waals surface area contributed by atoms with Crippen molar-refractivity contribution in [1.82, 2.24) is 4.90 Å². The standard InChI is InChI=1S/C17H24N2O/c1-2-10-17(18)11-19(12-17)16(20)15-9-5-7-13-6-3-4-8-14(13)15/h3-4,6,8,15H,2,5,7,9-12,18H2,1H3. The first kappa shape index (κ1) is 13.6. The van der Waals surface area contributed by atoms with Gasteiger partial charge in [0.25, 0.3) is 0 Å². The van der Waals surface area contributed by atoms with Crippen molar-refractivity contribution >= 4 is 5.91 Å². The Hall–Kier alpha value is -1.35. The number of amides is 1. The second-order valence-corrected chi connectivity index (χ2v) is 6.45. The van der Waals surface area contributed by atoms with E-state index < -0.39 is 0 Å². The van der Waals surface area contributed by atoms with Gasteiger partial charge in [0.15, 0.2) is 0 Å². The van der Waals surface area contributed by atoms with Crippen LogP contribution >= 0.6 is 0 Å². The van der Waals surface area contributed by atoms with Gasteiger partial charge < -0.3 is 10.6 Å². The molecule has 1 aromatic carbocycles. The highest BCUT2D eigenvalue weighted by Crippen LogP contribution is 2.35. The molecule has 1 aromatic rings. The molecule has 1 unspecified atom stereocenters. The molecule has 0 spiro atoms. The Bertz CT molecular complexity index is 505. The summed E-state index contributed by atoms with van der Waals surface area (Å²) in [6.07, 6.45) is 5.31. The maximum absolute atomic E-state index is 12.7. The summed E-state index contributed by atoms with van der Waals surface area (Å²) >= 11 is 0. The minimum absolute atomic E-state index is 0.0612. The molecule has 0 aromatic heterocycles. The molecular weight excluding hydrogens is 248 g/mol. The number of carbonyl (C=O) groups is 1. The minimum Gasteiger partial charge on any atom is -0.338 e. The lowest BCUT2D eigenvalue weighted by atomic mass is 9.79. The summed E-state index contributed by atoms with van der Waals surface area (Å²) in [4.78, 5) is 14.7. The fourth-order valence-electron chi connectivity index (χ4n) is 3.76. The van der Waals surface area contributed by atoms with Crippen LogP contribution in [0.2, 0.25) is 0 Å². The molecule has 1 fully saturated rings. The van der Waals surface area contributed by atoms with Crippen molar-refractivity contribution in [3.63, 3.8) is 0 Å². The molecule has 1 aliphatic carbocycles. The van der Waals surface area contributed by atoms with Gasteiger partial charge >= 0.3 is 0 Å². The first-order valence-electron chi connectivity index (χ1n) is 7.78. The SMILES string of the molecule is CCCC1(N)CN(C(=O)C2CCCc3ccccc32)C1. The molecule has 3 nitrogen and oxygen atoms in total. The highest BCUT2D eigenvalue weighted by atomic mass is 16.2. The summed E-state index contributed by atoms with van der Waals surface area (Å²) in [5.74, 6) is 0.348. The van der Waals surface area contributed by atoms with Crippen molar-refractivity contribution < 1.29 is 4.79 Å². The fourth-order valence-corrected chi connectivity index (χ4v) is 3.76. The quantitative estimate of drug-likeness (QED) is 0.918. The van der Waals surface area contributed by atoms with Gasteiger partial charge in [-0.1, -0.05) is 37.6 Å².